The molecule has 5 nitrogen and oxygen atoms in total. The van der Waals surface area contributed by atoms with Gasteiger partial charge in [0, 0.05) is 12.4 Å². The molecule has 0 amide bonds. The van der Waals surface area contributed by atoms with Crippen LogP contribution in [0.25, 0.3) is 0 Å². The maximum absolute atomic E-state index is 12.5. The number of halogens is 1. The van der Waals surface area contributed by atoms with E-state index in [1.54, 1.807) is 0 Å². The maximum Gasteiger partial charge on any atom is 0.335 e. The van der Waals surface area contributed by atoms with E-state index in [4.69, 9.17) is 16.7 Å². The summed E-state index contributed by atoms with van der Waals surface area (Å²) in [6.45, 7) is 1.48. The molecule has 0 aliphatic carbocycles. The number of pyridine rings is 1. The van der Waals surface area contributed by atoms with Crippen molar-refractivity contribution in [2.24, 2.45) is 0 Å². The molecule has 1 N–H and O–H groups in total. The Hall–Kier alpha value is -1.92. The first-order valence-corrected chi connectivity index (χ1v) is 8.00. The van der Waals surface area contributed by atoms with Gasteiger partial charge in [-0.25, -0.2) is 13.2 Å². The van der Waals surface area contributed by atoms with Crippen molar-refractivity contribution in [2.75, 3.05) is 0 Å². The fourth-order valence-electron chi connectivity index (χ4n) is 1.99. The second kappa shape index (κ2) is 5.83. The van der Waals surface area contributed by atoms with Gasteiger partial charge in [0.2, 0.25) is 0 Å². The van der Waals surface area contributed by atoms with Gasteiger partial charge in [-0.2, -0.15) is 0 Å². The Kier molecular flexibility index (Phi) is 4.29. The highest BCUT2D eigenvalue weighted by Gasteiger charge is 2.22. The minimum absolute atomic E-state index is 0.00437. The number of carboxylic acids is 1. The molecule has 110 valence electrons. The third kappa shape index (κ3) is 3.22. The lowest BCUT2D eigenvalue weighted by Crippen LogP contribution is -2.10. The Morgan fingerprint density at radius 3 is 2.67 bits per heavy atom. The number of rotatable bonds is 4. The number of carbonyl (C=O) groups is 1. The SMILES string of the molecule is Cc1c(C(=O)O)cccc1S(=O)(=O)Cc1ccncc1Cl. The maximum atomic E-state index is 12.5. The van der Waals surface area contributed by atoms with E-state index in [9.17, 15) is 13.2 Å². The summed E-state index contributed by atoms with van der Waals surface area (Å²) in [7, 11) is -3.70. The molecule has 1 heterocycles. The number of carboxylic acid groups (broad SMARTS) is 1. The van der Waals surface area contributed by atoms with Gasteiger partial charge in [0.1, 0.15) is 0 Å². The van der Waals surface area contributed by atoms with E-state index in [0.717, 1.165) is 0 Å². The van der Waals surface area contributed by atoms with Crippen LogP contribution in [0.5, 0.6) is 0 Å². The molecule has 0 unspecified atom stereocenters. The lowest BCUT2D eigenvalue weighted by molar-refractivity contribution is 0.0696. The van der Waals surface area contributed by atoms with Crippen molar-refractivity contribution in [1.29, 1.82) is 0 Å². The number of sulfone groups is 1. The molecule has 2 rings (SSSR count). The Morgan fingerprint density at radius 1 is 1.33 bits per heavy atom. The minimum atomic E-state index is -3.70. The van der Waals surface area contributed by atoms with Gasteiger partial charge in [0.05, 0.1) is 21.2 Å². The van der Waals surface area contributed by atoms with Crippen molar-refractivity contribution in [3.05, 3.63) is 58.4 Å². The number of benzene rings is 1. The second-order valence-corrected chi connectivity index (χ2v) is 6.83. The van der Waals surface area contributed by atoms with Gasteiger partial charge in [0.25, 0.3) is 0 Å². The van der Waals surface area contributed by atoms with Gasteiger partial charge in [-0.15, -0.1) is 0 Å². The van der Waals surface area contributed by atoms with Gasteiger partial charge >= 0.3 is 5.97 Å². The number of nitrogens with zero attached hydrogens (tertiary/aromatic N) is 1. The molecule has 0 fully saturated rings. The third-order valence-electron chi connectivity index (χ3n) is 3.05. The molecule has 0 aliphatic heterocycles. The van der Waals surface area contributed by atoms with E-state index < -0.39 is 15.8 Å². The fraction of sp³-hybridized carbons (Fsp3) is 0.143. The summed E-state index contributed by atoms with van der Waals surface area (Å²) in [5, 5.41) is 9.32. The highest BCUT2D eigenvalue weighted by molar-refractivity contribution is 7.90. The van der Waals surface area contributed by atoms with E-state index in [-0.39, 0.29) is 26.8 Å². The fourth-order valence-corrected chi connectivity index (χ4v) is 3.93. The van der Waals surface area contributed by atoms with Crippen molar-refractivity contribution in [2.45, 2.75) is 17.6 Å². The summed E-state index contributed by atoms with van der Waals surface area (Å²) in [5.74, 6) is -1.47. The van der Waals surface area contributed by atoms with E-state index in [1.165, 1.54) is 43.6 Å². The zero-order chi connectivity index (χ0) is 15.6. The molecule has 0 bridgehead atoms. The quantitative estimate of drug-likeness (QED) is 0.934. The van der Waals surface area contributed by atoms with Crippen LogP contribution in [0.1, 0.15) is 21.5 Å². The topological polar surface area (TPSA) is 84.3 Å². The third-order valence-corrected chi connectivity index (χ3v) is 5.20. The molecule has 0 atom stereocenters. The van der Waals surface area contributed by atoms with Crippen molar-refractivity contribution in [1.82, 2.24) is 4.98 Å². The standard InChI is InChI=1S/C14H12ClNO4S/c1-9-11(14(17)18)3-2-4-13(9)21(19,20)8-10-5-6-16-7-12(10)15/h2-7H,8H2,1H3,(H,17,18). The Bertz CT molecular complexity index is 802. The largest absolute Gasteiger partial charge is 0.478 e. The summed E-state index contributed by atoms with van der Waals surface area (Å²) in [6.07, 6.45) is 2.82. The number of aromatic nitrogens is 1. The number of hydrogen-bond acceptors (Lipinski definition) is 4. The number of hydrogen-bond donors (Lipinski definition) is 1. The van der Waals surface area contributed by atoms with Crippen LogP contribution >= 0.6 is 11.6 Å². The molecular weight excluding hydrogens is 314 g/mol. The van der Waals surface area contributed by atoms with Crippen molar-refractivity contribution in [3.63, 3.8) is 0 Å². The van der Waals surface area contributed by atoms with Gasteiger partial charge in [0.15, 0.2) is 9.84 Å². The molecule has 7 heteroatoms. The van der Waals surface area contributed by atoms with Crippen LogP contribution in [0.4, 0.5) is 0 Å². The Balaban J connectivity index is 2.48. The van der Waals surface area contributed by atoms with Crippen LogP contribution in [0.15, 0.2) is 41.6 Å². The molecule has 0 saturated carbocycles. The molecule has 0 aliphatic rings. The van der Waals surface area contributed by atoms with Crippen molar-refractivity contribution >= 4 is 27.4 Å². The van der Waals surface area contributed by atoms with Crippen LogP contribution < -0.4 is 0 Å². The van der Waals surface area contributed by atoms with Gasteiger partial charge in [-0.05, 0) is 36.2 Å². The summed E-state index contributed by atoms with van der Waals surface area (Å²) in [5.41, 5.74) is 0.610. The summed E-state index contributed by atoms with van der Waals surface area (Å²) < 4.78 is 25.0. The van der Waals surface area contributed by atoms with Gasteiger partial charge < -0.3 is 5.11 Å². The van der Waals surface area contributed by atoms with Crippen LogP contribution in [0.3, 0.4) is 0 Å². The first-order chi connectivity index (χ1) is 9.83. The summed E-state index contributed by atoms with van der Waals surface area (Å²) in [4.78, 5) is 14.9. The lowest BCUT2D eigenvalue weighted by Gasteiger charge is -2.10. The average Bonchev–Trinajstić information content (AvgIpc) is 2.41. The van der Waals surface area contributed by atoms with Crippen molar-refractivity contribution in [3.8, 4) is 0 Å². The molecule has 21 heavy (non-hydrogen) atoms. The first-order valence-electron chi connectivity index (χ1n) is 5.97. The van der Waals surface area contributed by atoms with Crippen LogP contribution in [-0.4, -0.2) is 24.5 Å². The zero-order valence-corrected chi connectivity index (χ0v) is 12.6. The normalized spacial score (nSPS) is 11.3. The molecular formula is C14H12ClNO4S. The van der Waals surface area contributed by atoms with E-state index in [1.807, 2.05) is 0 Å². The zero-order valence-electron chi connectivity index (χ0n) is 11.1. The lowest BCUT2D eigenvalue weighted by atomic mass is 10.1. The molecule has 0 saturated heterocycles. The van der Waals surface area contributed by atoms with Crippen molar-refractivity contribution < 1.29 is 18.3 Å². The van der Waals surface area contributed by atoms with Gasteiger partial charge in [-0.1, -0.05) is 17.7 Å². The van der Waals surface area contributed by atoms with Crippen LogP contribution in [0.2, 0.25) is 5.02 Å². The Labute approximate surface area is 127 Å². The summed E-state index contributed by atoms with van der Waals surface area (Å²) >= 11 is 5.92. The van der Waals surface area contributed by atoms with E-state index >= 15 is 0 Å². The molecule has 0 radical (unpaired) electrons. The van der Waals surface area contributed by atoms with Crippen LogP contribution in [-0.2, 0) is 15.6 Å². The highest BCUT2D eigenvalue weighted by Crippen LogP contribution is 2.25. The molecule has 2 aromatic rings. The highest BCUT2D eigenvalue weighted by atomic mass is 35.5. The summed E-state index contributed by atoms with van der Waals surface area (Å²) in [6, 6.07) is 5.70. The Morgan fingerprint density at radius 2 is 2.05 bits per heavy atom. The molecule has 1 aromatic carbocycles. The minimum Gasteiger partial charge on any atom is -0.478 e. The predicted octanol–water partition coefficient (Wildman–Crippen LogP) is 2.72. The monoisotopic (exact) mass is 325 g/mol. The van der Waals surface area contributed by atoms with Gasteiger partial charge in [-0.3, -0.25) is 4.98 Å². The number of aromatic carboxylic acids is 1. The smallest absolute Gasteiger partial charge is 0.335 e. The second-order valence-electron chi connectivity index (χ2n) is 4.46. The van der Waals surface area contributed by atoms with Crippen LogP contribution in [0, 0.1) is 6.92 Å². The van der Waals surface area contributed by atoms with E-state index in [2.05, 4.69) is 4.98 Å². The first kappa shape index (κ1) is 15.5. The molecule has 1 aromatic heterocycles. The predicted molar refractivity (Wildman–Crippen MR) is 78.3 cm³/mol. The average molecular weight is 326 g/mol. The molecule has 0 spiro atoms. The van der Waals surface area contributed by atoms with E-state index in [0.29, 0.717) is 5.56 Å².